The van der Waals surface area contributed by atoms with Crippen LogP contribution in [0.3, 0.4) is 0 Å². The third-order valence-corrected chi connectivity index (χ3v) is 2.36. The minimum atomic E-state index is -0.782. The second-order valence-corrected chi connectivity index (χ2v) is 3.07. The van der Waals surface area contributed by atoms with Gasteiger partial charge in [0.1, 0.15) is 11.9 Å². The molecule has 0 N–H and O–H groups in total. The van der Waals surface area contributed by atoms with Crippen LogP contribution in [0, 0.1) is 0 Å². The van der Waals surface area contributed by atoms with E-state index >= 15 is 0 Å². The molecule has 0 amide bonds. The molecule has 1 unspecified atom stereocenters. The Kier molecular flexibility index (Phi) is 1.75. The highest BCUT2D eigenvalue weighted by Gasteiger charge is 2.21. The first kappa shape index (κ1) is 7.59. The maximum absolute atomic E-state index is 13.2. The van der Waals surface area contributed by atoms with Gasteiger partial charge < -0.3 is 4.74 Å². The average Bonchev–Trinajstić information content (AvgIpc) is 2.47. The van der Waals surface area contributed by atoms with E-state index in [2.05, 4.69) is 0 Å². The van der Waals surface area contributed by atoms with Gasteiger partial charge in [-0.3, -0.25) is 0 Å². The minimum absolute atomic E-state index is 0.627. The van der Waals surface area contributed by atoms with E-state index in [0.717, 1.165) is 23.3 Å². The van der Waals surface area contributed by atoms with E-state index in [1.807, 2.05) is 12.1 Å². The SMILES string of the molecule is COc1ccc2c(c1)C(F)CC2. The monoisotopic (exact) mass is 166 g/mol. The number of aryl methyl sites for hydroxylation is 1. The van der Waals surface area contributed by atoms with Crippen LogP contribution >= 0.6 is 0 Å². The third-order valence-electron chi connectivity index (χ3n) is 2.36. The Morgan fingerprint density at radius 2 is 2.33 bits per heavy atom. The maximum Gasteiger partial charge on any atom is 0.126 e. The molecule has 0 aliphatic heterocycles. The molecule has 1 aliphatic rings. The molecule has 0 aromatic heterocycles. The van der Waals surface area contributed by atoms with Crippen molar-refractivity contribution in [2.24, 2.45) is 0 Å². The largest absolute Gasteiger partial charge is 0.497 e. The van der Waals surface area contributed by atoms with Gasteiger partial charge in [0.25, 0.3) is 0 Å². The second-order valence-electron chi connectivity index (χ2n) is 3.07. The number of rotatable bonds is 1. The molecule has 2 rings (SSSR count). The van der Waals surface area contributed by atoms with Crippen molar-refractivity contribution in [2.75, 3.05) is 7.11 Å². The summed E-state index contributed by atoms with van der Waals surface area (Å²) in [6.45, 7) is 0. The normalized spacial score (nSPS) is 20.7. The number of ether oxygens (including phenoxy) is 1. The number of hydrogen-bond donors (Lipinski definition) is 0. The first-order valence-corrected chi connectivity index (χ1v) is 4.12. The lowest BCUT2D eigenvalue weighted by molar-refractivity contribution is 0.342. The molecule has 0 fully saturated rings. The lowest BCUT2D eigenvalue weighted by atomic mass is 10.1. The van der Waals surface area contributed by atoms with Crippen molar-refractivity contribution in [3.63, 3.8) is 0 Å². The van der Waals surface area contributed by atoms with Crippen LogP contribution in [-0.4, -0.2) is 7.11 Å². The standard InChI is InChI=1S/C10H11FO/c1-12-8-4-2-7-3-5-10(11)9(7)6-8/h2,4,6,10H,3,5H2,1H3. The van der Waals surface area contributed by atoms with Gasteiger partial charge in [-0.25, -0.2) is 4.39 Å². The van der Waals surface area contributed by atoms with Crippen molar-refractivity contribution < 1.29 is 9.13 Å². The summed E-state index contributed by atoms with van der Waals surface area (Å²) in [6, 6.07) is 5.64. The number of alkyl halides is 1. The van der Waals surface area contributed by atoms with Gasteiger partial charge in [0.05, 0.1) is 7.11 Å². The van der Waals surface area contributed by atoms with Gasteiger partial charge in [0.2, 0.25) is 0 Å². The molecule has 1 aromatic carbocycles. The highest BCUT2D eigenvalue weighted by atomic mass is 19.1. The lowest BCUT2D eigenvalue weighted by Crippen LogP contribution is -1.88. The molecule has 0 saturated heterocycles. The quantitative estimate of drug-likeness (QED) is 0.623. The third kappa shape index (κ3) is 1.07. The Morgan fingerprint density at radius 1 is 1.50 bits per heavy atom. The molecule has 1 atom stereocenters. The predicted molar refractivity (Wildman–Crippen MR) is 45.2 cm³/mol. The summed E-state index contributed by atoms with van der Waals surface area (Å²) in [5, 5.41) is 0. The van der Waals surface area contributed by atoms with Crippen LogP contribution in [0.5, 0.6) is 5.75 Å². The van der Waals surface area contributed by atoms with Crippen LogP contribution in [0.25, 0.3) is 0 Å². The zero-order chi connectivity index (χ0) is 8.55. The summed E-state index contributed by atoms with van der Waals surface area (Å²) in [4.78, 5) is 0. The van der Waals surface area contributed by atoms with Crippen molar-refractivity contribution in [3.05, 3.63) is 29.3 Å². The summed E-state index contributed by atoms with van der Waals surface area (Å²) >= 11 is 0. The van der Waals surface area contributed by atoms with Crippen molar-refractivity contribution in [3.8, 4) is 5.75 Å². The van der Waals surface area contributed by atoms with Crippen LogP contribution < -0.4 is 4.74 Å². The minimum Gasteiger partial charge on any atom is -0.497 e. The van der Waals surface area contributed by atoms with Crippen LogP contribution in [0.4, 0.5) is 4.39 Å². The zero-order valence-electron chi connectivity index (χ0n) is 7.01. The molecule has 1 aliphatic carbocycles. The van der Waals surface area contributed by atoms with Crippen molar-refractivity contribution in [1.82, 2.24) is 0 Å². The zero-order valence-corrected chi connectivity index (χ0v) is 7.01. The molecule has 2 heteroatoms. The van der Waals surface area contributed by atoms with E-state index < -0.39 is 6.17 Å². The molecule has 0 radical (unpaired) electrons. The van der Waals surface area contributed by atoms with Gasteiger partial charge in [-0.1, -0.05) is 6.07 Å². The smallest absolute Gasteiger partial charge is 0.126 e. The summed E-state index contributed by atoms with van der Waals surface area (Å²) in [5.41, 5.74) is 1.94. The molecular weight excluding hydrogens is 155 g/mol. The Hall–Kier alpha value is -1.05. The van der Waals surface area contributed by atoms with E-state index in [1.54, 1.807) is 13.2 Å². The van der Waals surface area contributed by atoms with Gasteiger partial charge >= 0.3 is 0 Å². The highest BCUT2D eigenvalue weighted by Crippen LogP contribution is 2.35. The Labute approximate surface area is 71.2 Å². The van der Waals surface area contributed by atoms with Gasteiger partial charge in [-0.05, 0) is 36.1 Å². The highest BCUT2D eigenvalue weighted by molar-refractivity contribution is 5.39. The topological polar surface area (TPSA) is 9.23 Å². The summed E-state index contributed by atoms with van der Waals surface area (Å²) in [7, 11) is 1.60. The van der Waals surface area contributed by atoms with E-state index in [9.17, 15) is 4.39 Å². The maximum atomic E-state index is 13.2. The van der Waals surface area contributed by atoms with E-state index in [0.29, 0.717) is 6.42 Å². The Bertz CT molecular complexity index is 296. The lowest BCUT2D eigenvalue weighted by Gasteiger charge is -2.04. The van der Waals surface area contributed by atoms with Crippen molar-refractivity contribution in [2.45, 2.75) is 19.0 Å². The van der Waals surface area contributed by atoms with Gasteiger partial charge in [-0.15, -0.1) is 0 Å². The molecule has 0 bridgehead atoms. The predicted octanol–water partition coefficient (Wildman–Crippen LogP) is 2.65. The van der Waals surface area contributed by atoms with Gasteiger partial charge in [-0.2, -0.15) is 0 Å². The average molecular weight is 166 g/mol. The van der Waals surface area contributed by atoms with E-state index in [-0.39, 0.29) is 0 Å². The van der Waals surface area contributed by atoms with Crippen LogP contribution in [0.15, 0.2) is 18.2 Å². The molecule has 0 heterocycles. The molecule has 12 heavy (non-hydrogen) atoms. The molecular formula is C10H11FO. The number of fused-ring (bicyclic) bond motifs is 1. The number of hydrogen-bond acceptors (Lipinski definition) is 1. The number of methoxy groups -OCH3 is 1. The van der Waals surface area contributed by atoms with Crippen LogP contribution in [0.1, 0.15) is 23.7 Å². The number of halogens is 1. The van der Waals surface area contributed by atoms with Crippen molar-refractivity contribution >= 4 is 0 Å². The molecule has 0 spiro atoms. The van der Waals surface area contributed by atoms with Gasteiger partial charge in [0, 0.05) is 0 Å². The van der Waals surface area contributed by atoms with Crippen LogP contribution in [0.2, 0.25) is 0 Å². The fraction of sp³-hybridized carbons (Fsp3) is 0.400. The molecule has 64 valence electrons. The second kappa shape index (κ2) is 2.77. The summed E-state index contributed by atoms with van der Waals surface area (Å²) in [5.74, 6) is 0.748. The first-order chi connectivity index (χ1) is 5.81. The number of benzene rings is 1. The fourth-order valence-corrected chi connectivity index (χ4v) is 1.66. The summed E-state index contributed by atoms with van der Waals surface area (Å²) < 4.78 is 18.2. The first-order valence-electron chi connectivity index (χ1n) is 4.12. The van der Waals surface area contributed by atoms with E-state index in [1.165, 1.54) is 0 Å². The molecule has 0 saturated carbocycles. The molecule has 1 aromatic rings. The van der Waals surface area contributed by atoms with Gasteiger partial charge in [0.15, 0.2) is 0 Å². The Balaban J connectivity index is 2.43. The summed E-state index contributed by atoms with van der Waals surface area (Å²) in [6.07, 6.45) is 0.707. The van der Waals surface area contributed by atoms with Crippen LogP contribution in [-0.2, 0) is 6.42 Å². The molecule has 1 nitrogen and oxygen atoms in total. The van der Waals surface area contributed by atoms with Crippen molar-refractivity contribution in [1.29, 1.82) is 0 Å². The van der Waals surface area contributed by atoms with E-state index in [4.69, 9.17) is 4.74 Å². The Morgan fingerprint density at radius 3 is 3.08 bits per heavy atom. The fourth-order valence-electron chi connectivity index (χ4n) is 1.66.